The highest BCUT2D eigenvalue weighted by Crippen LogP contribution is 2.23. The van der Waals surface area contributed by atoms with Crippen molar-refractivity contribution in [3.63, 3.8) is 0 Å². The zero-order chi connectivity index (χ0) is 12.3. The maximum absolute atomic E-state index is 10.6. The molecule has 0 aliphatic carbocycles. The maximum atomic E-state index is 10.6. The molecule has 1 aromatic rings. The highest BCUT2D eigenvalue weighted by Gasteiger charge is 2.21. The Labute approximate surface area is 104 Å². The molecule has 2 rings (SSSR count). The van der Waals surface area contributed by atoms with Crippen molar-refractivity contribution >= 4 is 22.4 Å². The van der Waals surface area contributed by atoms with E-state index in [1.807, 2.05) is 5.38 Å². The van der Waals surface area contributed by atoms with E-state index in [9.17, 15) is 4.79 Å². The molecule has 1 aliphatic rings. The Morgan fingerprint density at radius 2 is 2.59 bits per heavy atom. The minimum atomic E-state index is -0.838. The Morgan fingerprint density at radius 1 is 1.76 bits per heavy atom. The molecule has 0 spiro atoms. The Hall–Kier alpha value is -1.14. The van der Waals surface area contributed by atoms with Gasteiger partial charge in [-0.1, -0.05) is 6.92 Å². The van der Waals surface area contributed by atoms with Gasteiger partial charge in [0.05, 0.1) is 24.8 Å². The Bertz CT molecular complexity index is 394. The van der Waals surface area contributed by atoms with Gasteiger partial charge >= 0.3 is 5.97 Å². The molecule has 2 heterocycles. The summed E-state index contributed by atoms with van der Waals surface area (Å²) in [5.74, 6) is -0.838. The van der Waals surface area contributed by atoms with E-state index in [0.29, 0.717) is 12.3 Å². The lowest BCUT2D eigenvalue weighted by atomic mass is 10.2. The van der Waals surface area contributed by atoms with Crippen LogP contribution >= 0.6 is 11.3 Å². The van der Waals surface area contributed by atoms with E-state index in [1.54, 1.807) is 0 Å². The Morgan fingerprint density at radius 3 is 3.29 bits per heavy atom. The minimum Gasteiger partial charge on any atom is -0.481 e. The number of nitrogens with zero attached hydrogens (tertiary/aromatic N) is 2. The van der Waals surface area contributed by atoms with Gasteiger partial charge in [0.2, 0.25) is 0 Å². The lowest BCUT2D eigenvalue weighted by Gasteiger charge is -2.32. The Kier molecular flexibility index (Phi) is 3.96. The fourth-order valence-corrected chi connectivity index (χ4v) is 2.68. The maximum Gasteiger partial charge on any atom is 0.309 e. The highest BCUT2D eigenvalue weighted by molar-refractivity contribution is 7.13. The zero-order valence-electron chi connectivity index (χ0n) is 9.76. The predicted molar refractivity (Wildman–Crippen MR) is 65.7 cm³/mol. The van der Waals surface area contributed by atoms with Crippen LogP contribution in [0.1, 0.15) is 19.0 Å². The van der Waals surface area contributed by atoms with Crippen LogP contribution in [0.2, 0.25) is 0 Å². The van der Waals surface area contributed by atoms with E-state index in [4.69, 9.17) is 9.84 Å². The van der Waals surface area contributed by atoms with E-state index < -0.39 is 5.97 Å². The molecule has 1 aliphatic heterocycles. The first kappa shape index (κ1) is 12.3. The van der Waals surface area contributed by atoms with E-state index >= 15 is 0 Å². The summed E-state index contributed by atoms with van der Waals surface area (Å²) < 4.78 is 5.59. The molecule has 0 amide bonds. The number of thiazole rings is 1. The van der Waals surface area contributed by atoms with Crippen LogP contribution in [-0.4, -0.2) is 41.9 Å². The van der Waals surface area contributed by atoms with Crippen LogP contribution in [0.25, 0.3) is 0 Å². The molecule has 0 saturated carbocycles. The van der Waals surface area contributed by atoms with Crippen LogP contribution in [0.3, 0.4) is 0 Å². The smallest absolute Gasteiger partial charge is 0.309 e. The molecule has 1 fully saturated rings. The number of ether oxygens (including phenoxy) is 1. The summed E-state index contributed by atoms with van der Waals surface area (Å²) in [5, 5.41) is 11.4. The molecule has 1 atom stereocenters. The molecule has 5 nitrogen and oxygen atoms in total. The van der Waals surface area contributed by atoms with Crippen LogP contribution < -0.4 is 4.90 Å². The second-order valence-corrected chi connectivity index (χ2v) is 4.88. The number of hydrogen-bond donors (Lipinski definition) is 1. The summed E-state index contributed by atoms with van der Waals surface area (Å²) in [6.45, 7) is 4.49. The van der Waals surface area contributed by atoms with Gasteiger partial charge in [-0.05, 0) is 6.42 Å². The monoisotopic (exact) mass is 256 g/mol. The number of morpholine rings is 1. The highest BCUT2D eigenvalue weighted by atomic mass is 32.1. The van der Waals surface area contributed by atoms with Crippen molar-refractivity contribution in [3.05, 3.63) is 11.1 Å². The van der Waals surface area contributed by atoms with Gasteiger partial charge in [-0.15, -0.1) is 11.3 Å². The van der Waals surface area contributed by atoms with Gasteiger partial charge in [0.15, 0.2) is 5.13 Å². The quantitative estimate of drug-likeness (QED) is 0.882. The lowest BCUT2D eigenvalue weighted by Crippen LogP contribution is -2.42. The third kappa shape index (κ3) is 3.17. The number of carboxylic acid groups (broad SMARTS) is 1. The van der Waals surface area contributed by atoms with Crippen molar-refractivity contribution < 1.29 is 14.6 Å². The van der Waals surface area contributed by atoms with Crippen molar-refractivity contribution in [1.82, 2.24) is 4.98 Å². The average Bonchev–Trinajstić information content (AvgIpc) is 2.77. The second kappa shape index (κ2) is 5.46. The van der Waals surface area contributed by atoms with Gasteiger partial charge in [0.25, 0.3) is 0 Å². The summed E-state index contributed by atoms with van der Waals surface area (Å²) in [5.41, 5.74) is 0.636. The third-order valence-corrected chi connectivity index (χ3v) is 3.69. The molecule has 94 valence electrons. The van der Waals surface area contributed by atoms with Crippen LogP contribution in [0, 0.1) is 0 Å². The van der Waals surface area contributed by atoms with Gasteiger partial charge in [-0.3, -0.25) is 4.79 Å². The fourth-order valence-electron chi connectivity index (χ4n) is 1.82. The minimum absolute atomic E-state index is 0.00194. The second-order valence-electron chi connectivity index (χ2n) is 4.04. The average molecular weight is 256 g/mol. The molecule has 0 bridgehead atoms. The van der Waals surface area contributed by atoms with Crippen molar-refractivity contribution in [3.8, 4) is 0 Å². The molecule has 0 radical (unpaired) electrons. The number of carbonyl (C=O) groups is 1. The van der Waals surface area contributed by atoms with Crippen molar-refractivity contribution in [1.29, 1.82) is 0 Å². The topological polar surface area (TPSA) is 62.7 Å². The van der Waals surface area contributed by atoms with Crippen molar-refractivity contribution in [2.75, 3.05) is 24.6 Å². The fraction of sp³-hybridized carbons (Fsp3) is 0.636. The summed E-state index contributed by atoms with van der Waals surface area (Å²) in [7, 11) is 0. The van der Waals surface area contributed by atoms with E-state index in [2.05, 4.69) is 16.8 Å². The van der Waals surface area contributed by atoms with E-state index in [1.165, 1.54) is 11.3 Å². The molecule has 1 aromatic heterocycles. The number of rotatable bonds is 4. The van der Waals surface area contributed by atoms with Crippen LogP contribution in [0.5, 0.6) is 0 Å². The van der Waals surface area contributed by atoms with Gasteiger partial charge in [-0.2, -0.15) is 0 Å². The molecule has 0 aromatic carbocycles. The van der Waals surface area contributed by atoms with Gasteiger partial charge in [-0.25, -0.2) is 4.98 Å². The summed E-state index contributed by atoms with van der Waals surface area (Å²) in [6, 6.07) is 0. The molecule has 1 unspecified atom stereocenters. The number of aromatic nitrogens is 1. The van der Waals surface area contributed by atoms with E-state index in [-0.39, 0.29) is 12.5 Å². The number of aliphatic carboxylic acids is 1. The van der Waals surface area contributed by atoms with Gasteiger partial charge < -0.3 is 14.7 Å². The molecule has 17 heavy (non-hydrogen) atoms. The van der Waals surface area contributed by atoms with Gasteiger partial charge in [0.1, 0.15) is 0 Å². The van der Waals surface area contributed by atoms with Crippen molar-refractivity contribution in [2.45, 2.75) is 25.9 Å². The summed E-state index contributed by atoms with van der Waals surface area (Å²) >= 11 is 1.51. The molecule has 6 heteroatoms. The van der Waals surface area contributed by atoms with Crippen molar-refractivity contribution in [2.24, 2.45) is 0 Å². The lowest BCUT2D eigenvalue weighted by molar-refractivity contribution is -0.136. The third-order valence-electron chi connectivity index (χ3n) is 2.74. The molecular formula is C11H16N2O3S. The normalized spacial score (nSPS) is 20.5. The summed E-state index contributed by atoms with van der Waals surface area (Å²) in [4.78, 5) is 17.1. The first-order valence-corrected chi connectivity index (χ1v) is 6.59. The largest absolute Gasteiger partial charge is 0.481 e. The first-order chi connectivity index (χ1) is 8.19. The molecule has 1 saturated heterocycles. The van der Waals surface area contributed by atoms with Crippen LogP contribution in [-0.2, 0) is 16.0 Å². The van der Waals surface area contributed by atoms with Crippen LogP contribution in [0.4, 0.5) is 5.13 Å². The molecule has 1 N–H and O–H groups in total. The Balaban J connectivity index is 2.01. The predicted octanol–water partition coefficient (Wildman–Crippen LogP) is 1.39. The van der Waals surface area contributed by atoms with Crippen LogP contribution in [0.15, 0.2) is 5.38 Å². The zero-order valence-corrected chi connectivity index (χ0v) is 10.6. The SMILES string of the molecule is CCC1CN(c2nc(CC(=O)O)cs2)CCO1. The number of anilines is 1. The van der Waals surface area contributed by atoms with Gasteiger partial charge in [0, 0.05) is 18.5 Å². The standard InChI is InChI=1S/C11H16N2O3S/c1-2-9-6-13(3-4-16-9)11-12-8(7-17-11)5-10(14)15/h7,9H,2-6H2,1H3,(H,14,15). The first-order valence-electron chi connectivity index (χ1n) is 5.71. The summed E-state index contributed by atoms with van der Waals surface area (Å²) in [6.07, 6.45) is 1.25. The number of hydrogen-bond acceptors (Lipinski definition) is 5. The molecular weight excluding hydrogens is 240 g/mol. The van der Waals surface area contributed by atoms with E-state index in [0.717, 1.165) is 24.6 Å². The number of carboxylic acids is 1.